The molecule has 142 valence electrons. The zero-order valence-corrected chi connectivity index (χ0v) is 15.2. The first-order valence-electron chi connectivity index (χ1n) is 8.19. The number of nitrogens with one attached hydrogen (secondary N) is 2. The smallest absolute Gasteiger partial charge is 0.357 e. The summed E-state index contributed by atoms with van der Waals surface area (Å²) < 4.78 is 61.0. The van der Waals surface area contributed by atoms with Gasteiger partial charge in [0.15, 0.2) is 5.96 Å². The molecule has 1 aliphatic heterocycles. The second kappa shape index (κ2) is 8.89. The molecule has 10 heteroatoms. The number of hydrogen-bond donors (Lipinski definition) is 2. The van der Waals surface area contributed by atoms with Crippen molar-refractivity contribution in [1.29, 1.82) is 0 Å². The SMILES string of the molecule is CCNC(=NCCC(C)C)NC1CCN(S(=O)(=O)C(F)(F)F)CC1. The Kier molecular flexibility index (Phi) is 7.78. The van der Waals surface area contributed by atoms with Crippen molar-refractivity contribution in [2.75, 3.05) is 26.2 Å². The number of aliphatic imine (C=N–C) groups is 1. The number of nitrogens with zero attached hydrogens (tertiary/aromatic N) is 2. The zero-order valence-electron chi connectivity index (χ0n) is 14.4. The summed E-state index contributed by atoms with van der Waals surface area (Å²) in [5.41, 5.74) is -5.24. The van der Waals surface area contributed by atoms with Crippen LogP contribution < -0.4 is 10.6 Å². The molecule has 0 aromatic heterocycles. The summed E-state index contributed by atoms with van der Waals surface area (Å²) in [6, 6.07) is -0.0958. The molecule has 0 unspecified atom stereocenters. The first kappa shape index (κ1) is 21.0. The van der Waals surface area contributed by atoms with Crippen LogP contribution in [0, 0.1) is 5.92 Å². The van der Waals surface area contributed by atoms with Crippen LogP contribution in [-0.2, 0) is 10.0 Å². The summed E-state index contributed by atoms with van der Waals surface area (Å²) >= 11 is 0. The Morgan fingerprint density at radius 1 is 1.29 bits per heavy atom. The molecule has 24 heavy (non-hydrogen) atoms. The molecule has 0 radical (unpaired) electrons. The minimum atomic E-state index is -5.24. The first-order valence-corrected chi connectivity index (χ1v) is 9.63. The van der Waals surface area contributed by atoms with E-state index in [4.69, 9.17) is 0 Å². The third-order valence-corrected chi connectivity index (χ3v) is 5.38. The van der Waals surface area contributed by atoms with E-state index >= 15 is 0 Å². The quantitative estimate of drug-likeness (QED) is 0.552. The second-order valence-electron chi connectivity index (χ2n) is 6.21. The standard InChI is InChI=1S/C14H27F3N4O2S/c1-4-18-13(19-8-5-11(2)3)20-12-6-9-21(10-7-12)24(22,23)14(15,16)17/h11-12H,4-10H2,1-3H3,(H2,18,19,20). The fourth-order valence-corrected chi connectivity index (χ4v) is 3.32. The van der Waals surface area contributed by atoms with Crippen molar-refractivity contribution in [2.24, 2.45) is 10.9 Å². The molecule has 1 fully saturated rings. The molecule has 0 aromatic carbocycles. The number of halogens is 3. The fraction of sp³-hybridized carbons (Fsp3) is 0.929. The third-order valence-electron chi connectivity index (χ3n) is 3.75. The minimum absolute atomic E-state index is 0.0958. The first-order chi connectivity index (χ1) is 11.1. The van der Waals surface area contributed by atoms with Crippen LogP contribution in [0.2, 0.25) is 0 Å². The van der Waals surface area contributed by atoms with E-state index < -0.39 is 15.5 Å². The van der Waals surface area contributed by atoms with Crippen molar-refractivity contribution < 1.29 is 21.6 Å². The van der Waals surface area contributed by atoms with Gasteiger partial charge in [0.05, 0.1) is 0 Å². The van der Waals surface area contributed by atoms with Gasteiger partial charge in [-0.05, 0) is 32.1 Å². The summed E-state index contributed by atoms with van der Waals surface area (Å²) in [6.45, 7) is 7.18. The van der Waals surface area contributed by atoms with Crippen molar-refractivity contribution in [2.45, 2.75) is 51.6 Å². The lowest BCUT2D eigenvalue weighted by molar-refractivity contribution is -0.0494. The number of guanidine groups is 1. The molecule has 0 spiro atoms. The van der Waals surface area contributed by atoms with Gasteiger partial charge in [0.1, 0.15) is 0 Å². The predicted octanol–water partition coefficient (Wildman–Crippen LogP) is 1.90. The van der Waals surface area contributed by atoms with Crippen molar-refractivity contribution in [3.63, 3.8) is 0 Å². The fourth-order valence-electron chi connectivity index (χ4n) is 2.33. The highest BCUT2D eigenvalue weighted by Crippen LogP contribution is 2.28. The second-order valence-corrected chi connectivity index (χ2v) is 8.14. The monoisotopic (exact) mass is 372 g/mol. The molecular formula is C14H27F3N4O2S. The van der Waals surface area contributed by atoms with Gasteiger partial charge in [-0.1, -0.05) is 13.8 Å². The zero-order chi connectivity index (χ0) is 18.4. The third kappa shape index (κ3) is 6.12. The van der Waals surface area contributed by atoms with E-state index in [1.54, 1.807) is 0 Å². The van der Waals surface area contributed by atoms with E-state index in [9.17, 15) is 21.6 Å². The maximum atomic E-state index is 12.6. The molecule has 1 aliphatic rings. The van der Waals surface area contributed by atoms with Crippen molar-refractivity contribution in [1.82, 2.24) is 14.9 Å². The van der Waals surface area contributed by atoms with Gasteiger partial charge >= 0.3 is 15.5 Å². The van der Waals surface area contributed by atoms with Gasteiger partial charge in [0, 0.05) is 32.2 Å². The van der Waals surface area contributed by atoms with Crippen LogP contribution in [0.5, 0.6) is 0 Å². The van der Waals surface area contributed by atoms with Crippen LogP contribution in [0.25, 0.3) is 0 Å². The molecule has 1 saturated heterocycles. The van der Waals surface area contributed by atoms with E-state index in [1.165, 1.54) is 0 Å². The van der Waals surface area contributed by atoms with Crippen molar-refractivity contribution in [3.05, 3.63) is 0 Å². The lowest BCUT2D eigenvalue weighted by Crippen LogP contribution is -2.51. The van der Waals surface area contributed by atoms with Gasteiger partial charge in [0.2, 0.25) is 0 Å². The topological polar surface area (TPSA) is 73.8 Å². The van der Waals surface area contributed by atoms with Gasteiger partial charge in [0.25, 0.3) is 0 Å². The Labute approximate surface area is 141 Å². The molecule has 6 nitrogen and oxygen atoms in total. The highest BCUT2D eigenvalue weighted by molar-refractivity contribution is 7.90. The largest absolute Gasteiger partial charge is 0.511 e. The predicted molar refractivity (Wildman–Crippen MR) is 88.1 cm³/mol. The lowest BCUT2D eigenvalue weighted by Gasteiger charge is -2.32. The van der Waals surface area contributed by atoms with Crippen LogP contribution in [0.1, 0.15) is 40.0 Å². The minimum Gasteiger partial charge on any atom is -0.357 e. The number of hydrogen-bond acceptors (Lipinski definition) is 3. The highest BCUT2D eigenvalue weighted by atomic mass is 32.2. The van der Waals surface area contributed by atoms with Gasteiger partial charge in [-0.25, -0.2) is 8.42 Å². The van der Waals surface area contributed by atoms with E-state index in [-0.39, 0.29) is 19.1 Å². The maximum Gasteiger partial charge on any atom is 0.511 e. The lowest BCUT2D eigenvalue weighted by atomic mass is 10.1. The molecular weight excluding hydrogens is 345 g/mol. The van der Waals surface area contributed by atoms with Crippen molar-refractivity contribution >= 4 is 16.0 Å². The average molecular weight is 372 g/mol. The molecule has 0 amide bonds. The number of rotatable bonds is 6. The molecule has 0 atom stereocenters. The van der Waals surface area contributed by atoms with Gasteiger partial charge < -0.3 is 10.6 Å². The summed E-state index contributed by atoms with van der Waals surface area (Å²) in [5, 5.41) is 6.27. The summed E-state index contributed by atoms with van der Waals surface area (Å²) in [7, 11) is -5.23. The average Bonchev–Trinajstić information content (AvgIpc) is 2.46. The number of piperidine rings is 1. The van der Waals surface area contributed by atoms with Crippen LogP contribution in [0.3, 0.4) is 0 Å². The van der Waals surface area contributed by atoms with E-state index in [1.807, 2.05) is 6.92 Å². The van der Waals surface area contributed by atoms with Crippen LogP contribution in [0.4, 0.5) is 13.2 Å². The molecule has 0 aromatic rings. The van der Waals surface area contributed by atoms with E-state index in [0.29, 0.717) is 42.1 Å². The van der Waals surface area contributed by atoms with E-state index in [2.05, 4.69) is 29.5 Å². The molecule has 1 rings (SSSR count). The molecule has 2 N–H and O–H groups in total. The number of sulfonamides is 1. The normalized spacial score (nSPS) is 18.9. The molecule has 0 saturated carbocycles. The van der Waals surface area contributed by atoms with Crippen LogP contribution in [-0.4, -0.2) is 56.4 Å². The number of alkyl halides is 3. The van der Waals surface area contributed by atoms with Gasteiger partial charge in [-0.2, -0.15) is 17.5 Å². The van der Waals surface area contributed by atoms with E-state index in [0.717, 1.165) is 6.42 Å². The van der Waals surface area contributed by atoms with Crippen molar-refractivity contribution in [3.8, 4) is 0 Å². The molecule has 1 heterocycles. The summed E-state index contributed by atoms with van der Waals surface area (Å²) in [5.74, 6) is 1.16. The highest BCUT2D eigenvalue weighted by Gasteiger charge is 2.50. The summed E-state index contributed by atoms with van der Waals surface area (Å²) in [6.07, 6.45) is 1.56. The Morgan fingerprint density at radius 2 is 1.88 bits per heavy atom. The van der Waals surface area contributed by atoms with Crippen LogP contribution >= 0.6 is 0 Å². The Hall–Kier alpha value is -1.03. The Bertz CT molecular complexity index is 513. The maximum absolute atomic E-state index is 12.6. The molecule has 0 aliphatic carbocycles. The van der Waals surface area contributed by atoms with Crippen LogP contribution in [0.15, 0.2) is 4.99 Å². The van der Waals surface area contributed by atoms with Gasteiger partial charge in [-0.15, -0.1) is 0 Å². The van der Waals surface area contributed by atoms with Gasteiger partial charge in [-0.3, -0.25) is 4.99 Å². The Morgan fingerprint density at radius 3 is 2.33 bits per heavy atom. The Balaban J connectivity index is 2.57. The summed E-state index contributed by atoms with van der Waals surface area (Å²) in [4.78, 5) is 4.44. The molecule has 0 bridgehead atoms.